The molecule has 5 nitrogen and oxygen atoms in total. The molecule has 1 fully saturated rings. The number of piperazine rings is 1. The minimum atomic E-state index is -0.0486. The third-order valence-corrected chi connectivity index (χ3v) is 4.81. The Kier molecular flexibility index (Phi) is 4.73. The van der Waals surface area contributed by atoms with Gasteiger partial charge in [0.2, 0.25) is 0 Å². The van der Waals surface area contributed by atoms with Crippen molar-refractivity contribution in [2.24, 2.45) is 0 Å². The average molecular weight is 367 g/mol. The molecule has 26 heavy (non-hydrogen) atoms. The van der Waals surface area contributed by atoms with Crippen LogP contribution < -0.4 is 5.32 Å². The van der Waals surface area contributed by atoms with E-state index >= 15 is 0 Å². The van der Waals surface area contributed by atoms with Crippen molar-refractivity contribution in [2.45, 2.75) is 6.04 Å². The summed E-state index contributed by atoms with van der Waals surface area (Å²) in [5.74, 6) is -0.0486. The van der Waals surface area contributed by atoms with Gasteiger partial charge in [-0.1, -0.05) is 23.7 Å². The van der Waals surface area contributed by atoms with Crippen LogP contribution in [0.4, 0.5) is 0 Å². The Morgan fingerprint density at radius 2 is 2.00 bits per heavy atom. The summed E-state index contributed by atoms with van der Waals surface area (Å²) in [7, 11) is 0. The predicted molar refractivity (Wildman–Crippen MR) is 102 cm³/mol. The number of aromatic nitrogens is 2. The first-order chi connectivity index (χ1) is 12.7. The van der Waals surface area contributed by atoms with Crippen LogP contribution in [0.15, 0.2) is 67.1 Å². The molecule has 2 aromatic heterocycles. The number of benzene rings is 1. The Balaban J connectivity index is 1.54. The number of nitrogens with zero attached hydrogens (tertiary/aromatic N) is 3. The molecular formula is C20H19ClN4O. The monoisotopic (exact) mass is 366 g/mol. The number of rotatable bonds is 3. The van der Waals surface area contributed by atoms with Gasteiger partial charge in [-0.3, -0.25) is 9.78 Å². The molecule has 1 aliphatic rings. The van der Waals surface area contributed by atoms with Crippen molar-refractivity contribution in [1.82, 2.24) is 19.8 Å². The van der Waals surface area contributed by atoms with Crippen LogP contribution in [-0.2, 0) is 0 Å². The lowest BCUT2D eigenvalue weighted by molar-refractivity contribution is 0.0697. The number of carbonyl (C=O) groups is 1. The summed E-state index contributed by atoms with van der Waals surface area (Å²) in [6.45, 7) is 1.99. The van der Waals surface area contributed by atoms with Crippen molar-refractivity contribution < 1.29 is 4.79 Å². The Morgan fingerprint density at radius 3 is 2.81 bits per heavy atom. The van der Waals surface area contributed by atoms with Crippen molar-refractivity contribution in [3.63, 3.8) is 0 Å². The Morgan fingerprint density at radius 1 is 1.15 bits per heavy atom. The van der Waals surface area contributed by atoms with Gasteiger partial charge in [-0.05, 0) is 42.0 Å². The summed E-state index contributed by atoms with van der Waals surface area (Å²) >= 11 is 6.10. The van der Waals surface area contributed by atoms with Crippen molar-refractivity contribution in [2.75, 3.05) is 19.6 Å². The van der Waals surface area contributed by atoms with Crippen molar-refractivity contribution >= 4 is 17.5 Å². The van der Waals surface area contributed by atoms with E-state index in [1.807, 2.05) is 70.4 Å². The normalized spacial score (nSPS) is 17.3. The van der Waals surface area contributed by atoms with Gasteiger partial charge in [0.05, 0.1) is 6.04 Å². The Hall–Kier alpha value is -2.63. The molecule has 0 radical (unpaired) electrons. The van der Waals surface area contributed by atoms with Crippen LogP contribution in [0.5, 0.6) is 0 Å². The van der Waals surface area contributed by atoms with E-state index in [0.717, 1.165) is 17.8 Å². The fourth-order valence-corrected chi connectivity index (χ4v) is 3.45. The smallest absolute Gasteiger partial charge is 0.272 e. The van der Waals surface area contributed by atoms with Crippen LogP contribution in [0.1, 0.15) is 22.1 Å². The number of halogens is 1. The standard InChI is InChI=1S/C20H19ClN4O/c21-16-5-3-4-15(12-16)19-14-25(11-8-23-19)20(26)18-13-17(6-7-22-18)24-9-1-2-10-24/h1-7,9-10,12-13,19,23H,8,11,14H2. The zero-order valence-corrected chi connectivity index (χ0v) is 14.9. The molecule has 0 saturated carbocycles. The van der Waals surface area contributed by atoms with E-state index in [0.29, 0.717) is 23.8 Å². The largest absolute Gasteiger partial charge is 0.334 e. The third-order valence-electron chi connectivity index (χ3n) is 4.58. The maximum Gasteiger partial charge on any atom is 0.272 e. The first kappa shape index (κ1) is 16.8. The van der Waals surface area contributed by atoms with Gasteiger partial charge in [-0.2, -0.15) is 0 Å². The molecule has 1 aliphatic heterocycles. The van der Waals surface area contributed by atoms with E-state index in [2.05, 4.69) is 10.3 Å². The van der Waals surface area contributed by atoms with E-state index in [-0.39, 0.29) is 11.9 Å². The van der Waals surface area contributed by atoms with Crippen LogP contribution in [-0.4, -0.2) is 40.0 Å². The molecule has 132 valence electrons. The SMILES string of the molecule is O=C(c1cc(-n2cccc2)ccn1)N1CCNC(c2cccc(Cl)c2)C1. The highest BCUT2D eigenvalue weighted by molar-refractivity contribution is 6.30. The maximum atomic E-state index is 13.0. The van der Waals surface area contributed by atoms with Gasteiger partial charge in [-0.15, -0.1) is 0 Å². The fourth-order valence-electron chi connectivity index (χ4n) is 3.25. The predicted octanol–water partition coefficient (Wildman–Crippen LogP) is 3.31. The van der Waals surface area contributed by atoms with Gasteiger partial charge in [0.1, 0.15) is 5.69 Å². The van der Waals surface area contributed by atoms with E-state index in [1.165, 1.54) is 0 Å². The second-order valence-electron chi connectivity index (χ2n) is 6.30. The molecule has 6 heteroatoms. The molecule has 1 atom stereocenters. The lowest BCUT2D eigenvalue weighted by Gasteiger charge is -2.34. The number of hydrogen-bond donors (Lipinski definition) is 1. The summed E-state index contributed by atoms with van der Waals surface area (Å²) in [6, 6.07) is 15.5. The molecule has 3 aromatic rings. The Bertz CT molecular complexity index is 910. The molecule has 0 aliphatic carbocycles. The average Bonchev–Trinajstić information content (AvgIpc) is 3.22. The van der Waals surface area contributed by atoms with Crippen molar-refractivity contribution in [3.8, 4) is 5.69 Å². The van der Waals surface area contributed by atoms with Crippen molar-refractivity contribution in [1.29, 1.82) is 0 Å². The maximum absolute atomic E-state index is 13.0. The number of amides is 1. The molecule has 1 amide bonds. The highest BCUT2D eigenvalue weighted by atomic mass is 35.5. The number of pyridine rings is 1. The molecule has 0 bridgehead atoms. The van der Waals surface area contributed by atoms with Gasteiger partial charge >= 0.3 is 0 Å². The number of carbonyl (C=O) groups excluding carboxylic acids is 1. The second-order valence-corrected chi connectivity index (χ2v) is 6.74. The van der Waals surface area contributed by atoms with E-state index < -0.39 is 0 Å². The van der Waals surface area contributed by atoms with Gasteiger partial charge < -0.3 is 14.8 Å². The highest BCUT2D eigenvalue weighted by Gasteiger charge is 2.26. The molecule has 0 spiro atoms. The zero-order valence-electron chi connectivity index (χ0n) is 14.2. The van der Waals surface area contributed by atoms with Crippen LogP contribution in [0.3, 0.4) is 0 Å². The fraction of sp³-hybridized carbons (Fsp3) is 0.200. The topological polar surface area (TPSA) is 50.2 Å². The summed E-state index contributed by atoms with van der Waals surface area (Å²) < 4.78 is 1.96. The van der Waals surface area contributed by atoms with Crippen LogP contribution in [0.2, 0.25) is 5.02 Å². The summed E-state index contributed by atoms with van der Waals surface area (Å²) in [4.78, 5) is 19.1. The number of hydrogen-bond acceptors (Lipinski definition) is 3. The summed E-state index contributed by atoms with van der Waals surface area (Å²) in [5.41, 5.74) is 2.47. The quantitative estimate of drug-likeness (QED) is 0.773. The second kappa shape index (κ2) is 7.32. The van der Waals surface area contributed by atoms with Crippen LogP contribution >= 0.6 is 11.6 Å². The summed E-state index contributed by atoms with van der Waals surface area (Å²) in [6.07, 6.45) is 5.58. The molecule has 1 aromatic carbocycles. The van der Waals surface area contributed by atoms with E-state index in [4.69, 9.17) is 11.6 Å². The molecule has 3 heterocycles. The zero-order chi connectivity index (χ0) is 17.9. The number of nitrogens with one attached hydrogen (secondary N) is 1. The molecule has 4 rings (SSSR count). The minimum Gasteiger partial charge on any atom is -0.334 e. The lowest BCUT2D eigenvalue weighted by atomic mass is 10.0. The van der Waals surface area contributed by atoms with Crippen molar-refractivity contribution in [3.05, 3.63) is 83.4 Å². The van der Waals surface area contributed by atoms with Gasteiger partial charge in [-0.25, -0.2) is 0 Å². The first-order valence-electron chi connectivity index (χ1n) is 8.58. The first-order valence-corrected chi connectivity index (χ1v) is 8.96. The summed E-state index contributed by atoms with van der Waals surface area (Å²) in [5, 5.41) is 4.16. The Labute approximate surface area is 157 Å². The van der Waals surface area contributed by atoms with E-state index in [9.17, 15) is 4.79 Å². The van der Waals surface area contributed by atoms with Gasteiger partial charge in [0.25, 0.3) is 5.91 Å². The molecule has 1 unspecified atom stereocenters. The van der Waals surface area contributed by atoms with Crippen LogP contribution in [0.25, 0.3) is 5.69 Å². The highest BCUT2D eigenvalue weighted by Crippen LogP contribution is 2.22. The van der Waals surface area contributed by atoms with Gasteiger partial charge in [0.15, 0.2) is 0 Å². The molecule has 1 N–H and O–H groups in total. The van der Waals surface area contributed by atoms with Gasteiger partial charge in [0, 0.05) is 48.9 Å². The van der Waals surface area contributed by atoms with Crippen LogP contribution in [0, 0.1) is 0 Å². The molecule has 1 saturated heterocycles. The minimum absolute atomic E-state index is 0.0486. The third kappa shape index (κ3) is 3.49. The van der Waals surface area contributed by atoms with E-state index in [1.54, 1.807) is 6.20 Å². The molecular weight excluding hydrogens is 348 g/mol. The lowest BCUT2D eigenvalue weighted by Crippen LogP contribution is -2.48.